The predicted octanol–water partition coefficient (Wildman–Crippen LogP) is 1.93. The van der Waals surface area contributed by atoms with E-state index in [0.717, 1.165) is 18.8 Å². The maximum absolute atomic E-state index is 12.6. The van der Waals surface area contributed by atoms with Gasteiger partial charge in [0, 0.05) is 13.1 Å². The molecule has 1 aromatic heterocycles. The molecule has 1 amide bonds. The number of benzene rings is 1. The molecule has 0 aliphatic carbocycles. The van der Waals surface area contributed by atoms with E-state index in [0.29, 0.717) is 17.6 Å². The van der Waals surface area contributed by atoms with E-state index >= 15 is 0 Å². The molecule has 0 unspecified atom stereocenters. The van der Waals surface area contributed by atoms with Crippen LogP contribution in [-0.2, 0) is 4.79 Å². The maximum Gasteiger partial charge on any atom is 0.263 e. The average molecular weight is 329 g/mol. The molecule has 128 valence electrons. The van der Waals surface area contributed by atoms with Crippen LogP contribution >= 0.6 is 0 Å². The van der Waals surface area contributed by atoms with Crippen LogP contribution in [0.25, 0.3) is 5.69 Å². The highest BCUT2D eigenvalue weighted by Gasteiger charge is 2.29. The third-order valence-electron chi connectivity index (χ3n) is 4.29. The molecule has 1 aliphatic rings. The Morgan fingerprint density at radius 1 is 1.21 bits per heavy atom. The number of piperidine rings is 1. The van der Waals surface area contributed by atoms with E-state index in [4.69, 9.17) is 4.74 Å². The Morgan fingerprint density at radius 2 is 1.88 bits per heavy atom. The van der Waals surface area contributed by atoms with E-state index < -0.39 is 6.10 Å². The Morgan fingerprint density at radius 3 is 2.46 bits per heavy atom. The molecular formula is C17H23N5O2. The number of hydrogen-bond donors (Lipinski definition) is 0. The summed E-state index contributed by atoms with van der Waals surface area (Å²) in [6.07, 6.45) is 2.21. The molecule has 0 bridgehead atoms. The Kier molecular flexibility index (Phi) is 4.78. The van der Waals surface area contributed by atoms with E-state index in [1.165, 1.54) is 12.7 Å². The molecule has 3 atom stereocenters. The fraction of sp³-hybridized carbons (Fsp3) is 0.529. The van der Waals surface area contributed by atoms with Crippen molar-refractivity contribution < 1.29 is 9.53 Å². The number of carbonyl (C=O) groups excluding carboxylic acids is 1. The van der Waals surface area contributed by atoms with Gasteiger partial charge >= 0.3 is 0 Å². The number of tetrazole rings is 1. The largest absolute Gasteiger partial charge is 0.481 e. The zero-order valence-electron chi connectivity index (χ0n) is 14.3. The lowest BCUT2D eigenvalue weighted by atomic mass is 9.91. The van der Waals surface area contributed by atoms with E-state index in [1.807, 2.05) is 36.1 Å². The minimum absolute atomic E-state index is 0.0537. The van der Waals surface area contributed by atoms with Crippen molar-refractivity contribution in [3.63, 3.8) is 0 Å². The van der Waals surface area contributed by atoms with Gasteiger partial charge in [-0.15, -0.1) is 5.10 Å². The Hall–Kier alpha value is -2.44. The second-order valence-electron chi connectivity index (χ2n) is 6.70. The van der Waals surface area contributed by atoms with Gasteiger partial charge in [0.1, 0.15) is 12.1 Å². The van der Waals surface area contributed by atoms with Crippen molar-refractivity contribution in [1.29, 1.82) is 0 Å². The third kappa shape index (κ3) is 3.72. The molecule has 7 heteroatoms. The first-order chi connectivity index (χ1) is 11.5. The van der Waals surface area contributed by atoms with E-state index in [1.54, 1.807) is 4.68 Å². The molecule has 2 heterocycles. The standard InChI is InChI=1S/C17H23N5O2/c1-12-8-13(2)10-21(9-12)17(23)14(3)24-16-6-4-15(5-7-16)22-11-18-19-20-22/h4-7,11-14H,8-10H2,1-3H3/t12-,13-,14+/m1/s1. The highest BCUT2D eigenvalue weighted by molar-refractivity contribution is 5.81. The van der Waals surface area contributed by atoms with Crippen LogP contribution in [0.5, 0.6) is 5.75 Å². The van der Waals surface area contributed by atoms with Crippen LogP contribution < -0.4 is 4.74 Å². The molecule has 1 fully saturated rings. The van der Waals surface area contributed by atoms with Crippen LogP contribution in [-0.4, -0.2) is 50.2 Å². The lowest BCUT2D eigenvalue weighted by Gasteiger charge is -2.36. The Balaban J connectivity index is 1.61. The minimum atomic E-state index is -0.499. The average Bonchev–Trinajstić information content (AvgIpc) is 3.08. The van der Waals surface area contributed by atoms with Gasteiger partial charge in [-0.3, -0.25) is 4.79 Å². The number of nitrogens with zero attached hydrogens (tertiary/aromatic N) is 5. The lowest BCUT2D eigenvalue weighted by Crippen LogP contribution is -2.47. The number of ether oxygens (including phenoxy) is 1. The molecule has 0 spiro atoms. The minimum Gasteiger partial charge on any atom is -0.481 e. The highest BCUT2D eigenvalue weighted by atomic mass is 16.5. The molecule has 3 rings (SSSR count). The fourth-order valence-corrected chi connectivity index (χ4v) is 3.31. The van der Waals surface area contributed by atoms with Crippen LogP contribution in [0.15, 0.2) is 30.6 Å². The zero-order chi connectivity index (χ0) is 17.1. The summed E-state index contributed by atoms with van der Waals surface area (Å²) in [5.41, 5.74) is 0.838. The van der Waals surface area contributed by atoms with E-state index in [-0.39, 0.29) is 5.91 Å². The Labute approximate surface area is 141 Å². The predicted molar refractivity (Wildman–Crippen MR) is 88.8 cm³/mol. The summed E-state index contributed by atoms with van der Waals surface area (Å²) in [5, 5.41) is 11.0. The van der Waals surface area contributed by atoms with Crippen LogP contribution in [0.1, 0.15) is 27.2 Å². The van der Waals surface area contributed by atoms with Gasteiger partial charge in [-0.25, -0.2) is 4.68 Å². The SMILES string of the molecule is C[C@@H]1C[C@@H](C)CN(C(=O)[C@H](C)Oc2ccc(-n3cnnn3)cc2)C1. The lowest BCUT2D eigenvalue weighted by molar-refractivity contribution is -0.140. The summed E-state index contributed by atoms with van der Waals surface area (Å²) in [4.78, 5) is 14.5. The van der Waals surface area contributed by atoms with Crippen LogP contribution in [0.3, 0.4) is 0 Å². The van der Waals surface area contributed by atoms with Gasteiger partial charge in [0.2, 0.25) is 0 Å². The second-order valence-corrected chi connectivity index (χ2v) is 6.70. The van der Waals surface area contributed by atoms with Crippen molar-refractivity contribution in [2.75, 3.05) is 13.1 Å². The van der Waals surface area contributed by atoms with Crippen molar-refractivity contribution in [1.82, 2.24) is 25.1 Å². The molecule has 0 radical (unpaired) electrons. The van der Waals surface area contributed by atoms with Crippen molar-refractivity contribution >= 4 is 5.91 Å². The van der Waals surface area contributed by atoms with Gasteiger partial charge in [-0.05, 0) is 59.9 Å². The summed E-state index contributed by atoms with van der Waals surface area (Å²) in [7, 11) is 0. The summed E-state index contributed by atoms with van der Waals surface area (Å²) < 4.78 is 7.38. The van der Waals surface area contributed by atoms with Gasteiger partial charge in [0.15, 0.2) is 6.10 Å². The normalized spacial score (nSPS) is 22.2. The van der Waals surface area contributed by atoms with Crippen molar-refractivity contribution in [2.45, 2.75) is 33.3 Å². The number of hydrogen-bond acceptors (Lipinski definition) is 5. The van der Waals surface area contributed by atoms with E-state index in [2.05, 4.69) is 29.4 Å². The molecule has 0 saturated carbocycles. The highest BCUT2D eigenvalue weighted by Crippen LogP contribution is 2.22. The number of amides is 1. The smallest absolute Gasteiger partial charge is 0.263 e. The fourth-order valence-electron chi connectivity index (χ4n) is 3.31. The first kappa shape index (κ1) is 16.4. The number of aromatic nitrogens is 4. The molecule has 1 aliphatic heterocycles. The van der Waals surface area contributed by atoms with Gasteiger partial charge in [-0.1, -0.05) is 13.8 Å². The summed E-state index contributed by atoms with van der Waals surface area (Å²) in [5.74, 6) is 1.80. The van der Waals surface area contributed by atoms with Gasteiger partial charge in [0.05, 0.1) is 5.69 Å². The summed E-state index contributed by atoms with van der Waals surface area (Å²) in [6, 6.07) is 7.35. The first-order valence-corrected chi connectivity index (χ1v) is 8.32. The molecule has 1 aromatic carbocycles. The molecule has 7 nitrogen and oxygen atoms in total. The van der Waals surface area contributed by atoms with Gasteiger partial charge in [0.25, 0.3) is 5.91 Å². The van der Waals surface area contributed by atoms with E-state index in [9.17, 15) is 4.79 Å². The monoisotopic (exact) mass is 329 g/mol. The number of rotatable bonds is 4. The van der Waals surface area contributed by atoms with Gasteiger partial charge in [-0.2, -0.15) is 0 Å². The molecule has 1 saturated heterocycles. The molecule has 24 heavy (non-hydrogen) atoms. The third-order valence-corrected chi connectivity index (χ3v) is 4.29. The van der Waals surface area contributed by atoms with Crippen molar-refractivity contribution in [2.24, 2.45) is 11.8 Å². The van der Waals surface area contributed by atoms with Gasteiger partial charge < -0.3 is 9.64 Å². The number of likely N-dealkylation sites (tertiary alicyclic amines) is 1. The van der Waals surface area contributed by atoms with Crippen LogP contribution in [0.4, 0.5) is 0 Å². The zero-order valence-corrected chi connectivity index (χ0v) is 14.3. The summed E-state index contributed by atoms with van der Waals surface area (Å²) >= 11 is 0. The van der Waals surface area contributed by atoms with Crippen LogP contribution in [0.2, 0.25) is 0 Å². The topological polar surface area (TPSA) is 73.1 Å². The maximum atomic E-state index is 12.6. The molecule has 2 aromatic rings. The molecule has 0 N–H and O–H groups in total. The summed E-state index contributed by atoms with van der Waals surface area (Å²) in [6.45, 7) is 7.82. The molecular weight excluding hydrogens is 306 g/mol. The van der Waals surface area contributed by atoms with Crippen LogP contribution in [0, 0.1) is 11.8 Å². The van der Waals surface area contributed by atoms with Crippen molar-refractivity contribution in [3.8, 4) is 11.4 Å². The quantitative estimate of drug-likeness (QED) is 0.857. The number of carbonyl (C=O) groups is 1. The van der Waals surface area contributed by atoms with Crippen molar-refractivity contribution in [3.05, 3.63) is 30.6 Å². The second kappa shape index (κ2) is 6.98. The Bertz CT molecular complexity index is 661. The first-order valence-electron chi connectivity index (χ1n) is 8.32.